The first-order chi connectivity index (χ1) is 9.34. The lowest BCUT2D eigenvalue weighted by molar-refractivity contribution is 1.17. The monoisotopic (exact) mass is 358 g/mol. The first kappa shape index (κ1) is 12.3. The van der Waals surface area contributed by atoms with E-state index in [0.29, 0.717) is 0 Å². The maximum absolute atomic E-state index is 4.74. The molecule has 19 heavy (non-hydrogen) atoms. The molecule has 0 spiro atoms. The van der Waals surface area contributed by atoms with Crippen molar-refractivity contribution in [1.82, 2.24) is 9.97 Å². The van der Waals surface area contributed by atoms with E-state index in [2.05, 4.69) is 39.7 Å². The van der Waals surface area contributed by atoms with Gasteiger partial charge >= 0.3 is 0 Å². The molecular formula is C16H11IN2. The van der Waals surface area contributed by atoms with E-state index in [0.717, 1.165) is 26.2 Å². The highest BCUT2D eigenvalue weighted by Gasteiger charge is 2.08. The Kier molecular flexibility index (Phi) is 3.55. The molecule has 0 atom stereocenters. The zero-order valence-corrected chi connectivity index (χ0v) is 12.3. The van der Waals surface area contributed by atoms with Crippen LogP contribution in [0.25, 0.3) is 22.5 Å². The van der Waals surface area contributed by atoms with E-state index in [1.54, 1.807) is 0 Å². The summed E-state index contributed by atoms with van der Waals surface area (Å²) in [6, 6.07) is 20.3. The predicted octanol–water partition coefficient (Wildman–Crippen LogP) is 4.42. The van der Waals surface area contributed by atoms with Crippen LogP contribution in [0.2, 0.25) is 0 Å². The number of halogens is 1. The molecule has 0 aliphatic heterocycles. The SMILES string of the molecule is Ic1ncc(-c2ccccc2)nc1-c1ccccc1. The van der Waals surface area contributed by atoms with Crippen LogP contribution in [0.4, 0.5) is 0 Å². The van der Waals surface area contributed by atoms with Crippen LogP contribution in [-0.4, -0.2) is 9.97 Å². The number of hydrogen-bond donors (Lipinski definition) is 0. The molecule has 2 aromatic carbocycles. The van der Waals surface area contributed by atoms with E-state index in [-0.39, 0.29) is 0 Å². The Hall–Kier alpha value is -1.75. The lowest BCUT2D eigenvalue weighted by Crippen LogP contribution is -1.94. The summed E-state index contributed by atoms with van der Waals surface area (Å²) in [5, 5.41) is 0. The van der Waals surface area contributed by atoms with Gasteiger partial charge in [-0.25, -0.2) is 9.97 Å². The Labute approximate surface area is 125 Å². The van der Waals surface area contributed by atoms with Crippen molar-refractivity contribution in [3.8, 4) is 22.5 Å². The van der Waals surface area contributed by atoms with Gasteiger partial charge in [0, 0.05) is 11.1 Å². The Morgan fingerprint density at radius 2 is 1.32 bits per heavy atom. The van der Waals surface area contributed by atoms with E-state index in [4.69, 9.17) is 4.98 Å². The summed E-state index contributed by atoms with van der Waals surface area (Å²) in [6.45, 7) is 0. The van der Waals surface area contributed by atoms with Crippen LogP contribution in [-0.2, 0) is 0 Å². The van der Waals surface area contributed by atoms with Crippen molar-refractivity contribution >= 4 is 22.6 Å². The van der Waals surface area contributed by atoms with Gasteiger partial charge in [-0.3, -0.25) is 0 Å². The highest BCUT2D eigenvalue weighted by atomic mass is 127. The van der Waals surface area contributed by atoms with Crippen LogP contribution in [0.3, 0.4) is 0 Å². The number of hydrogen-bond acceptors (Lipinski definition) is 2. The fourth-order valence-corrected chi connectivity index (χ4v) is 2.47. The number of nitrogens with zero attached hydrogens (tertiary/aromatic N) is 2. The van der Waals surface area contributed by atoms with E-state index in [9.17, 15) is 0 Å². The van der Waals surface area contributed by atoms with Crippen molar-refractivity contribution in [1.29, 1.82) is 0 Å². The fraction of sp³-hybridized carbons (Fsp3) is 0. The van der Waals surface area contributed by atoms with Crippen LogP contribution < -0.4 is 0 Å². The molecule has 0 N–H and O–H groups in total. The first-order valence-electron chi connectivity index (χ1n) is 5.98. The third-order valence-corrected chi connectivity index (χ3v) is 3.63. The molecule has 0 radical (unpaired) electrons. The van der Waals surface area contributed by atoms with E-state index in [1.807, 2.05) is 54.7 Å². The lowest BCUT2D eigenvalue weighted by Gasteiger charge is -2.06. The molecule has 92 valence electrons. The summed E-state index contributed by atoms with van der Waals surface area (Å²) in [7, 11) is 0. The summed E-state index contributed by atoms with van der Waals surface area (Å²) in [4.78, 5) is 9.20. The molecule has 0 unspecified atom stereocenters. The van der Waals surface area contributed by atoms with Gasteiger partial charge in [-0.15, -0.1) is 0 Å². The molecule has 0 saturated carbocycles. The van der Waals surface area contributed by atoms with E-state index < -0.39 is 0 Å². The minimum absolute atomic E-state index is 0.903. The average molecular weight is 358 g/mol. The molecule has 3 aromatic rings. The molecular weight excluding hydrogens is 347 g/mol. The minimum Gasteiger partial charge on any atom is -0.246 e. The maximum atomic E-state index is 4.74. The molecule has 1 heterocycles. The second-order valence-corrected chi connectivity index (χ2v) is 5.15. The van der Waals surface area contributed by atoms with Crippen molar-refractivity contribution < 1.29 is 0 Å². The summed E-state index contributed by atoms with van der Waals surface area (Å²) in [5.74, 6) is 0. The molecule has 0 saturated heterocycles. The van der Waals surface area contributed by atoms with Crippen molar-refractivity contribution in [2.45, 2.75) is 0 Å². The molecule has 3 heteroatoms. The van der Waals surface area contributed by atoms with Gasteiger partial charge in [0.15, 0.2) is 0 Å². The zero-order chi connectivity index (χ0) is 13.1. The molecule has 0 fully saturated rings. The standard InChI is InChI=1S/C16H11IN2/c17-16-15(13-9-5-2-6-10-13)19-14(11-18-16)12-7-3-1-4-8-12/h1-11H. The largest absolute Gasteiger partial charge is 0.246 e. The Bertz CT molecular complexity index is 682. The first-order valence-corrected chi connectivity index (χ1v) is 7.06. The fourth-order valence-electron chi connectivity index (χ4n) is 1.90. The van der Waals surface area contributed by atoms with Gasteiger partial charge in [0.05, 0.1) is 11.9 Å². The van der Waals surface area contributed by atoms with Crippen LogP contribution in [0.1, 0.15) is 0 Å². The molecule has 2 nitrogen and oxygen atoms in total. The van der Waals surface area contributed by atoms with Crippen molar-refractivity contribution in [2.75, 3.05) is 0 Å². The average Bonchev–Trinajstić information content (AvgIpc) is 2.49. The molecule has 0 amide bonds. The molecule has 1 aromatic heterocycles. The summed E-state index contributed by atoms with van der Waals surface area (Å²) < 4.78 is 0.920. The summed E-state index contributed by atoms with van der Waals surface area (Å²) >= 11 is 2.23. The number of aromatic nitrogens is 2. The van der Waals surface area contributed by atoms with Gasteiger partial charge in [0.25, 0.3) is 0 Å². The van der Waals surface area contributed by atoms with Gasteiger partial charge in [0.2, 0.25) is 0 Å². The zero-order valence-electron chi connectivity index (χ0n) is 10.1. The Balaban J connectivity index is 2.12. The van der Waals surface area contributed by atoms with Crippen LogP contribution >= 0.6 is 22.6 Å². The smallest absolute Gasteiger partial charge is 0.127 e. The minimum atomic E-state index is 0.903. The molecule has 0 aliphatic carbocycles. The second-order valence-electron chi connectivity index (χ2n) is 4.13. The third-order valence-electron chi connectivity index (χ3n) is 2.84. The second kappa shape index (κ2) is 5.48. The number of rotatable bonds is 2. The normalized spacial score (nSPS) is 10.4. The summed E-state index contributed by atoms with van der Waals surface area (Å²) in [6.07, 6.45) is 1.82. The van der Waals surface area contributed by atoms with Gasteiger partial charge in [0.1, 0.15) is 9.39 Å². The lowest BCUT2D eigenvalue weighted by atomic mass is 10.1. The third kappa shape index (κ3) is 2.66. The molecule has 0 aliphatic rings. The molecule has 0 bridgehead atoms. The topological polar surface area (TPSA) is 25.8 Å². The van der Waals surface area contributed by atoms with Crippen LogP contribution in [0.15, 0.2) is 66.9 Å². The Morgan fingerprint density at radius 1 is 0.737 bits per heavy atom. The number of benzene rings is 2. The predicted molar refractivity (Wildman–Crippen MR) is 85.6 cm³/mol. The Morgan fingerprint density at radius 3 is 1.95 bits per heavy atom. The van der Waals surface area contributed by atoms with Crippen molar-refractivity contribution in [3.05, 3.63) is 70.6 Å². The van der Waals surface area contributed by atoms with Gasteiger partial charge < -0.3 is 0 Å². The molecule has 3 rings (SSSR count). The van der Waals surface area contributed by atoms with Gasteiger partial charge in [-0.1, -0.05) is 60.7 Å². The van der Waals surface area contributed by atoms with Gasteiger partial charge in [-0.05, 0) is 22.6 Å². The van der Waals surface area contributed by atoms with E-state index in [1.165, 1.54) is 0 Å². The maximum Gasteiger partial charge on any atom is 0.127 e. The van der Waals surface area contributed by atoms with Crippen molar-refractivity contribution in [2.24, 2.45) is 0 Å². The van der Waals surface area contributed by atoms with Crippen LogP contribution in [0.5, 0.6) is 0 Å². The summed E-state index contributed by atoms with van der Waals surface area (Å²) in [5.41, 5.74) is 4.02. The van der Waals surface area contributed by atoms with Crippen molar-refractivity contribution in [3.63, 3.8) is 0 Å². The van der Waals surface area contributed by atoms with E-state index >= 15 is 0 Å². The van der Waals surface area contributed by atoms with Crippen LogP contribution in [0, 0.1) is 3.70 Å². The van der Waals surface area contributed by atoms with Gasteiger partial charge in [-0.2, -0.15) is 0 Å². The highest BCUT2D eigenvalue weighted by molar-refractivity contribution is 14.1. The highest BCUT2D eigenvalue weighted by Crippen LogP contribution is 2.25. The quantitative estimate of drug-likeness (QED) is 0.634.